The largest absolute Gasteiger partial charge is 0.464 e. The first-order valence-corrected chi connectivity index (χ1v) is 5.77. The molecule has 0 spiro atoms. The van der Waals surface area contributed by atoms with Gasteiger partial charge in [-0.15, -0.1) is 0 Å². The van der Waals surface area contributed by atoms with Crippen molar-refractivity contribution in [3.63, 3.8) is 0 Å². The number of fused-ring (bicyclic) bond motifs is 1. The minimum atomic E-state index is -0.637. The molecule has 0 saturated heterocycles. The summed E-state index contributed by atoms with van der Waals surface area (Å²) >= 11 is 0. The highest BCUT2D eigenvalue weighted by Gasteiger charge is 2.17. The Balaban J connectivity index is 2.49. The molecule has 0 saturated carbocycles. The Morgan fingerprint density at radius 1 is 1.50 bits per heavy atom. The van der Waals surface area contributed by atoms with Gasteiger partial charge in [0.2, 0.25) is 0 Å². The van der Waals surface area contributed by atoms with E-state index in [0.717, 1.165) is 0 Å². The minimum Gasteiger partial charge on any atom is -0.464 e. The van der Waals surface area contributed by atoms with E-state index in [9.17, 15) is 9.59 Å². The van der Waals surface area contributed by atoms with E-state index in [1.807, 2.05) is 0 Å². The Morgan fingerprint density at radius 3 is 3.00 bits per heavy atom. The number of nitrogens with zero attached hydrogens (tertiary/aromatic N) is 2. The molecule has 2 rings (SSSR count). The number of hydrogen-bond donors (Lipinski definition) is 0. The Morgan fingerprint density at radius 2 is 2.28 bits per heavy atom. The summed E-state index contributed by atoms with van der Waals surface area (Å²) in [7, 11) is 0. The van der Waals surface area contributed by atoms with Gasteiger partial charge in [-0.05, 0) is 32.0 Å². The summed E-state index contributed by atoms with van der Waals surface area (Å²) in [4.78, 5) is 27.9. The maximum Gasteiger partial charge on any atom is 0.328 e. The first-order chi connectivity index (χ1) is 8.65. The Bertz CT molecular complexity index is 633. The van der Waals surface area contributed by atoms with Crippen molar-refractivity contribution in [1.82, 2.24) is 9.55 Å². The molecule has 0 unspecified atom stereocenters. The van der Waals surface area contributed by atoms with E-state index in [-0.39, 0.29) is 5.56 Å². The molecule has 5 nitrogen and oxygen atoms in total. The van der Waals surface area contributed by atoms with Crippen molar-refractivity contribution in [2.75, 3.05) is 6.61 Å². The highest BCUT2D eigenvalue weighted by atomic mass is 16.5. The zero-order valence-corrected chi connectivity index (χ0v) is 10.3. The lowest BCUT2D eigenvalue weighted by atomic mass is 10.2. The van der Waals surface area contributed by atoms with Gasteiger partial charge in [-0.25, -0.2) is 4.79 Å². The molecule has 0 aliphatic rings. The van der Waals surface area contributed by atoms with Crippen molar-refractivity contribution >= 4 is 16.9 Å². The zero-order valence-electron chi connectivity index (χ0n) is 10.3. The number of aromatic nitrogens is 2. The lowest BCUT2D eigenvalue weighted by molar-refractivity contribution is -0.146. The molecule has 5 heteroatoms. The van der Waals surface area contributed by atoms with Gasteiger partial charge in [-0.2, -0.15) is 0 Å². The third kappa shape index (κ3) is 2.11. The molecule has 0 fully saturated rings. The molecule has 2 aromatic heterocycles. The molecule has 0 N–H and O–H groups in total. The van der Waals surface area contributed by atoms with Crippen LogP contribution in [0.15, 0.2) is 35.4 Å². The van der Waals surface area contributed by atoms with Crippen LogP contribution in [0.25, 0.3) is 10.9 Å². The van der Waals surface area contributed by atoms with Crippen LogP contribution in [0.3, 0.4) is 0 Å². The van der Waals surface area contributed by atoms with Crippen LogP contribution in [-0.4, -0.2) is 22.1 Å². The average molecular weight is 246 g/mol. The smallest absolute Gasteiger partial charge is 0.328 e. The summed E-state index contributed by atoms with van der Waals surface area (Å²) in [6.45, 7) is 3.67. The molecule has 0 amide bonds. The van der Waals surface area contributed by atoms with E-state index < -0.39 is 12.0 Å². The van der Waals surface area contributed by atoms with Crippen molar-refractivity contribution in [1.29, 1.82) is 0 Å². The average Bonchev–Trinajstić information content (AvgIpc) is 2.39. The molecule has 0 aliphatic heterocycles. The van der Waals surface area contributed by atoms with E-state index in [1.54, 1.807) is 44.4 Å². The van der Waals surface area contributed by atoms with Gasteiger partial charge in [0, 0.05) is 12.4 Å². The van der Waals surface area contributed by atoms with Gasteiger partial charge in [-0.3, -0.25) is 9.78 Å². The summed E-state index contributed by atoms with van der Waals surface area (Å²) in [5.41, 5.74) is 0.385. The molecular weight excluding hydrogens is 232 g/mol. The van der Waals surface area contributed by atoms with E-state index in [2.05, 4.69) is 4.98 Å². The second-order valence-corrected chi connectivity index (χ2v) is 3.89. The Hall–Kier alpha value is -2.17. The van der Waals surface area contributed by atoms with Crippen LogP contribution in [0.1, 0.15) is 19.9 Å². The maximum atomic E-state index is 12.2. The Kier molecular flexibility index (Phi) is 3.41. The van der Waals surface area contributed by atoms with Crippen molar-refractivity contribution in [3.05, 3.63) is 40.9 Å². The molecule has 0 radical (unpaired) electrons. The second-order valence-electron chi connectivity index (χ2n) is 3.89. The molecular formula is C13H14N2O3. The first kappa shape index (κ1) is 12.3. The number of pyridine rings is 2. The summed E-state index contributed by atoms with van der Waals surface area (Å²) < 4.78 is 6.27. The van der Waals surface area contributed by atoms with E-state index in [4.69, 9.17) is 4.74 Å². The van der Waals surface area contributed by atoms with E-state index >= 15 is 0 Å². The van der Waals surface area contributed by atoms with Crippen LogP contribution in [-0.2, 0) is 9.53 Å². The van der Waals surface area contributed by atoms with Gasteiger partial charge in [0.05, 0.1) is 17.5 Å². The first-order valence-electron chi connectivity index (χ1n) is 5.77. The van der Waals surface area contributed by atoms with Gasteiger partial charge in [-0.1, -0.05) is 0 Å². The summed E-state index contributed by atoms with van der Waals surface area (Å²) in [6.07, 6.45) is 3.19. The van der Waals surface area contributed by atoms with Gasteiger partial charge in [0.25, 0.3) is 5.56 Å². The topological polar surface area (TPSA) is 61.2 Å². The summed E-state index contributed by atoms with van der Waals surface area (Å²) in [5, 5.41) is 0.496. The SMILES string of the molecule is CCOC(=O)[C@H](C)n1ccc2ncccc2c1=O. The molecule has 0 bridgehead atoms. The molecule has 0 aromatic carbocycles. The predicted molar refractivity (Wildman–Crippen MR) is 67.3 cm³/mol. The van der Waals surface area contributed by atoms with E-state index in [1.165, 1.54) is 4.57 Å². The van der Waals surface area contributed by atoms with Crippen molar-refractivity contribution in [3.8, 4) is 0 Å². The third-order valence-electron chi connectivity index (χ3n) is 2.74. The zero-order chi connectivity index (χ0) is 13.1. The standard InChI is InChI=1S/C13H14N2O3/c1-3-18-13(17)9(2)15-8-6-11-10(12(15)16)5-4-7-14-11/h4-9H,3H2,1-2H3/t9-/m0/s1. The summed E-state index contributed by atoms with van der Waals surface area (Å²) in [5.74, 6) is -0.414. The molecule has 94 valence electrons. The third-order valence-corrected chi connectivity index (χ3v) is 2.74. The van der Waals surface area contributed by atoms with E-state index in [0.29, 0.717) is 17.5 Å². The van der Waals surface area contributed by atoms with Gasteiger partial charge < -0.3 is 9.30 Å². The number of esters is 1. The molecule has 0 aliphatic carbocycles. The van der Waals surface area contributed by atoms with Crippen LogP contribution in [0.5, 0.6) is 0 Å². The minimum absolute atomic E-state index is 0.235. The lowest BCUT2D eigenvalue weighted by Gasteiger charge is -2.14. The van der Waals surface area contributed by atoms with Crippen molar-refractivity contribution in [2.24, 2.45) is 0 Å². The highest BCUT2D eigenvalue weighted by molar-refractivity contribution is 5.78. The number of ether oxygens (including phenoxy) is 1. The normalized spacial score (nSPS) is 12.3. The quantitative estimate of drug-likeness (QED) is 0.770. The fourth-order valence-corrected chi connectivity index (χ4v) is 1.77. The predicted octanol–water partition coefficient (Wildman–Crippen LogP) is 1.52. The van der Waals surface area contributed by atoms with Crippen LogP contribution in [0.2, 0.25) is 0 Å². The second kappa shape index (κ2) is 5.00. The van der Waals surface area contributed by atoms with Crippen LogP contribution < -0.4 is 5.56 Å². The number of carbonyl (C=O) groups is 1. The fourth-order valence-electron chi connectivity index (χ4n) is 1.77. The van der Waals surface area contributed by atoms with Crippen LogP contribution in [0.4, 0.5) is 0 Å². The van der Waals surface area contributed by atoms with Crippen molar-refractivity contribution in [2.45, 2.75) is 19.9 Å². The Labute approximate surface area is 104 Å². The highest BCUT2D eigenvalue weighted by Crippen LogP contribution is 2.10. The van der Waals surface area contributed by atoms with Crippen LogP contribution in [0, 0.1) is 0 Å². The van der Waals surface area contributed by atoms with Crippen LogP contribution >= 0.6 is 0 Å². The number of hydrogen-bond acceptors (Lipinski definition) is 4. The lowest BCUT2D eigenvalue weighted by Crippen LogP contribution is -2.29. The number of rotatable bonds is 3. The monoisotopic (exact) mass is 246 g/mol. The number of carbonyl (C=O) groups excluding carboxylic acids is 1. The van der Waals surface area contributed by atoms with Gasteiger partial charge in [0.1, 0.15) is 6.04 Å². The molecule has 18 heavy (non-hydrogen) atoms. The maximum absolute atomic E-state index is 12.2. The van der Waals surface area contributed by atoms with Gasteiger partial charge >= 0.3 is 5.97 Å². The molecule has 1 atom stereocenters. The fraction of sp³-hybridized carbons (Fsp3) is 0.308. The molecule has 2 heterocycles. The summed E-state index contributed by atoms with van der Waals surface area (Å²) in [6, 6.07) is 4.47. The van der Waals surface area contributed by atoms with Gasteiger partial charge in [0.15, 0.2) is 0 Å². The van der Waals surface area contributed by atoms with Crippen molar-refractivity contribution < 1.29 is 9.53 Å². The molecule has 2 aromatic rings.